The van der Waals surface area contributed by atoms with E-state index in [-0.39, 0.29) is 6.61 Å². The third kappa shape index (κ3) is 2.73. The van der Waals surface area contributed by atoms with Crippen molar-refractivity contribution in [1.82, 2.24) is 19.7 Å². The Morgan fingerprint density at radius 3 is 3.00 bits per heavy atom. The molecular formula is C11H17N5OS. The lowest BCUT2D eigenvalue weighted by atomic mass is 10.4. The molecule has 0 aliphatic heterocycles. The standard InChI is InChI=1S/C11H17N5OS/c1-3-12-10-8-6-13-16(2)11(8)15-9(14-10)7-18-5-4-17/h6,17H,3-5,7H2,1-2H3,(H,12,14,15). The molecule has 6 nitrogen and oxygen atoms in total. The van der Waals surface area contributed by atoms with Crippen LogP contribution in [0.15, 0.2) is 6.20 Å². The van der Waals surface area contributed by atoms with Crippen LogP contribution in [-0.4, -0.2) is 43.8 Å². The highest BCUT2D eigenvalue weighted by molar-refractivity contribution is 7.98. The smallest absolute Gasteiger partial charge is 0.163 e. The molecule has 0 aromatic carbocycles. The van der Waals surface area contributed by atoms with Crippen molar-refractivity contribution in [3.63, 3.8) is 0 Å². The monoisotopic (exact) mass is 267 g/mol. The van der Waals surface area contributed by atoms with E-state index in [1.54, 1.807) is 22.6 Å². The highest BCUT2D eigenvalue weighted by atomic mass is 32.2. The lowest BCUT2D eigenvalue weighted by Gasteiger charge is -2.07. The molecule has 0 atom stereocenters. The van der Waals surface area contributed by atoms with Gasteiger partial charge in [0, 0.05) is 19.3 Å². The fraction of sp³-hybridized carbons (Fsp3) is 0.545. The largest absolute Gasteiger partial charge is 0.396 e. The molecule has 0 aliphatic carbocycles. The van der Waals surface area contributed by atoms with Crippen molar-refractivity contribution in [2.45, 2.75) is 12.7 Å². The van der Waals surface area contributed by atoms with Gasteiger partial charge in [0.05, 0.1) is 23.9 Å². The third-order valence-corrected chi connectivity index (χ3v) is 3.38. The van der Waals surface area contributed by atoms with Crippen LogP contribution in [0.25, 0.3) is 11.0 Å². The Morgan fingerprint density at radius 2 is 2.28 bits per heavy atom. The van der Waals surface area contributed by atoms with Crippen LogP contribution in [0.5, 0.6) is 0 Å². The van der Waals surface area contributed by atoms with Crippen LogP contribution in [0.1, 0.15) is 12.7 Å². The van der Waals surface area contributed by atoms with Gasteiger partial charge in [-0.3, -0.25) is 4.68 Å². The van der Waals surface area contributed by atoms with Gasteiger partial charge in [0.25, 0.3) is 0 Å². The van der Waals surface area contributed by atoms with Crippen molar-refractivity contribution < 1.29 is 5.11 Å². The van der Waals surface area contributed by atoms with Gasteiger partial charge >= 0.3 is 0 Å². The first kappa shape index (κ1) is 13.1. The van der Waals surface area contributed by atoms with Crippen LogP contribution < -0.4 is 5.32 Å². The number of nitrogens with zero attached hydrogens (tertiary/aromatic N) is 4. The molecule has 0 saturated heterocycles. The second-order valence-corrected chi connectivity index (χ2v) is 4.91. The van der Waals surface area contributed by atoms with Gasteiger partial charge in [0.1, 0.15) is 11.6 Å². The molecule has 0 saturated carbocycles. The maximum atomic E-state index is 8.78. The molecular weight excluding hydrogens is 250 g/mol. The first-order chi connectivity index (χ1) is 8.76. The van der Waals surface area contributed by atoms with Gasteiger partial charge in [0.15, 0.2) is 5.65 Å². The van der Waals surface area contributed by atoms with E-state index in [1.165, 1.54) is 0 Å². The summed E-state index contributed by atoms with van der Waals surface area (Å²) in [4.78, 5) is 8.99. The fourth-order valence-electron chi connectivity index (χ4n) is 1.66. The third-order valence-electron chi connectivity index (χ3n) is 2.45. The molecule has 0 radical (unpaired) electrons. The van der Waals surface area contributed by atoms with Crippen LogP contribution in [0.3, 0.4) is 0 Å². The summed E-state index contributed by atoms with van der Waals surface area (Å²) in [7, 11) is 1.87. The van der Waals surface area contributed by atoms with E-state index in [4.69, 9.17) is 5.11 Å². The maximum absolute atomic E-state index is 8.78. The molecule has 2 aromatic rings. The zero-order valence-corrected chi connectivity index (χ0v) is 11.4. The van der Waals surface area contributed by atoms with E-state index in [9.17, 15) is 0 Å². The van der Waals surface area contributed by atoms with Crippen LogP contribution in [0.2, 0.25) is 0 Å². The number of anilines is 1. The van der Waals surface area contributed by atoms with Gasteiger partial charge in [0.2, 0.25) is 0 Å². The minimum Gasteiger partial charge on any atom is -0.396 e. The summed E-state index contributed by atoms with van der Waals surface area (Å²) >= 11 is 1.62. The summed E-state index contributed by atoms with van der Waals surface area (Å²) in [5, 5.41) is 17.2. The average molecular weight is 267 g/mol. The number of thioether (sulfide) groups is 1. The topological polar surface area (TPSA) is 75.9 Å². The SMILES string of the molecule is CCNc1nc(CSCCO)nc2c1cnn2C. The molecule has 2 heterocycles. The molecule has 0 unspecified atom stereocenters. The normalized spacial score (nSPS) is 11.1. The highest BCUT2D eigenvalue weighted by Crippen LogP contribution is 2.21. The Morgan fingerprint density at radius 1 is 1.44 bits per heavy atom. The van der Waals surface area contributed by atoms with Crippen molar-refractivity contribution in [3.8, 4) is 0 Å². The molecule has 2 rings (SSSR count). The van der Waals surface area contributed by atoms with E-state index < -0.39 is 0 Å². The number of nitrogens with one attached hydrogen (secondary N) is 1. The van der Waals surface area contributed by atoms with Crippen LogP contribution >= 0.6 is 11.8 Å². The van der Waals surface area contributed by atoms with Crippen LogP contribution in [-0.2, 0) is 12.8 Å². The molecule has 2 aromatic heterocycles. The van der Waals surface area contributed by atoms with Crippen molar-refractivity contribution in [2.24, 2.45) is 7.05 Å². The number of fused-ring (bicyclic) bond motifs is 1. The van der Waals surface area contributed by atoms with Gasteiger partial charge in [-0.2, -0.15) is 16.9 Å². The summed E-state index contributed by atoms with van der Waals surface area (Å²) in [6, 6.07) is 0. The van der Waals surface area contributed by atoms with Crippen LogP contribution in [0.4, 0.5) is 5.82 Å². The summed E-state index contributed by atoms with van der Waals surface area (Å²) < 4.78 is 1.75. The summed E-state index contributed by atoms with van der Waals surface area (Å²) in [6.45, 7) is 3.02. The lowest BCUT2D eigenvalue weighted by Crippen LogP contribution is -2.05. The van der Waals surface area contributed by atoms with E-state index in [1.807, 2.05) is 14.0 Å². The molecule has 0 aliphatic rings. The zero-order chi connectivity index (χ0) is 13.0. The van der Waals surface area contributed by atoms with Gasteiger partial charge < -0.3 is 10.4 Å². The quantitative estimate of drug-likeness (QED) is 0.761. The molecule has 0 amide bonds. The Hall–Kier alpha value is -1.34. The first-order valence-corrected chi connectivity index (χ1v) is 7.02. The predicted octanol–water partition coefficient (Wildman–Crippen LogP) is 1.02. The minimum absolute atomic E-state index is 0.179. The summed E-state index contributed by atoms with van der Waals surface area (Å²) in [6.07, 6.45) is 1.78. The number of aliphatic hydroxyl groups excluding tert-OH is 1. The number of aliphatic hydroxyl groups is 1. The Balaban J connectivity index is 2.33. The molecule has 0 bridgehead atoms. The molecule has 18 heavy (non-hydrogen) atoms. The average Bonchev–Trinajstić information content (AvgIpc) is 2.73. The predicted molar refractivity (Wildman–Crippen MR) is 73.7 cm³/mol. The number of hydrogen-bond donors (Lipinski definition) is 2. The zero-order valence-electron chi connectivity index (χ0n) is 10.6. The van der Waals surface area contributed by atoms with E-state index in [0.29, 0.717) is 11.5 Å². The first-order valence-electron chi connectivity index (χ1n) is 5.87. The second kappa shape index (κ2) is 6.01. The number of aryl methyl sites for hydroxylation is 1. The summed E-state index contributed by atoms with van der Waals surface area (Å²) in [5.74, 6) is 2.99. The summed E-state index contributed by atoms with van der Waals surface area (Å²) in [5.41, 5.74) is 0.834. The minimum atomic E-state index is 0.179. The van der Waals surface area contributed by atoms with E-state index >= 15 is 0 Å². The van der Waals surface area contributed by atoms with Gasteiger partial charge in [-0.25, -0.2) is 9.97 Å². The van der Waals surface area contributed by atoms with Crippen molar-refractivity contribution in [2.75, 3.05) is 24.2 Å². The molecule has 7 heteroatoms. The maximum Gasteiger partial charge on any atom is 0.163 e. The lowest BCUT2D eigenvalue weighted by molar-refractivity contribution is 0.322. The number of hydrogen-bond acceptors (Lipinski definition) is 6. The molecule has 2 N–H and O–H groups in total. The van der Waals surface area contributed by atoms with Gasteiger partial charge in [-0.05, 0) is 6.92 Å². The Kier molecular flexibility index (Phi) is 4.38. The van der Waals surface area contributed by atoms with Gasteiger partial charge in [-0.15, -0.1) is 0 Å². The van der Waals surface area contributed by atoms with Crippen LogP contribution in [0, 0.1) is 0 Å². The highest BCUT2D eigenvalue weighted by Gasteiger charge is 2.10. The van der Waals surface area contributed by atoms with Gasteiger partial charge in [-0.1, -0.05) is 0 Å². The number of aromatic nitrogens is 4. The Bertz CT molecular complexity index is 527. The Labute approximate surface area is 110 Å². The fourth-order valence-corrected chi connectivity index (χ4v) is 2.25. The second-order valence-electron chi connectivity index (χ2n) is 3.80. The molecule has 0 fully saturated rings. The molecule has 98 valence electrons. The van der Waals surface area contributed by atoms with Crippen molar-refractivity contribution in [1.29, 1.82) is 0 Å². The van der Waals surface area contributed by atoms with Crippen molar-refractivity contribution >= 4 is 28.6 Å². The van der Waals surface area contributed by atoms with E-state index in [0.717, 1.165) is 29.2 Å². The number of rotatable bonds is 6. The molecule has 0 spiro atoms. The van der Waals surface area contributed by atoms with E-state index in [2.05, 4.69) is 20.4 Å². The van der Waals surface area contributed by atoms with Crippen molar-refractivity contribution in [3.05, 3.63) is 12.0 Å².